The molecule has 318 valence electrons. The number of carbonyl (C=O) groups excluding carboxylic acids is 3. The molecule has 0 aliphatic rings. The van der Waals surface area contributed by atoms with Crippen molar-refractivity contribution in [3.8, 4) is 5.75 Å². The molecule has 0 radical (unpaired) electrons. The number of esters is 1. The molecular weight excluding hydrogens is 769 g/mol. The molecule has 0 bridgehead atoms. The van der Waals surface area contributed by atoms with Gasteiger partial charge in [-0.2, -0.15) is 9.78 Å². The summed E-state index contributed by atoms with van der Waals surface area (Å²) in [5.41, 5.74) is -0.187. The van der Waals surface area contributed by atoms with Crippen molar-refractivity contribution < 1.29 is 46.2 Å². The summed E-state index contributed by atoms with van der Waals surface area (Å²) >= 11 is 0. The molecule has 57 heavy (non-hydrogen) atoms. The molecule has 0 saturated carbocycles. The van der Waals surface area contributed by atoms with Crippen LogP contribution < -0.4 is 9.46 Å². The van der Waals surface area contributed by atoms with Gasteiger partial charge in [-0.05, 0) is 117 Å². The number of nitrogens with zero attached hydrogens (tertiary/aromatic N) is 3. The Labute approximate surface area is 340 Å². The first-order valence-electron chi connectivity index (χ1n) is 19.7. The number of fused-ring (bicyclic) bond motifs is 1. The molecule has 0 fully saturated rings. The minimum Gasteiger partial charge on any atom is -0.492 e. The number of amides is 1. The maximum atomic E-state index is 13.8. The summed E-state index contributed by atoms with van der Waals surface area (Å²) in [6.07, 6.45) is -1.22. The number of ether oxygens (including phenoxy) is 4. The van der Waals surface area contributed by atoms with Crippen LogP contribution in [0.1, 0.15) is 107 Å². The normalized spacial score (nSPS) is 13.2. The van der Waals surface area contributed by atoms with Crippen molar-refractivity contribution in [3.05, 3.63) is 53.7 Å². The molecule has 0 saturated heterocycles. The van der Waals surface area contributed by atoms with Crippen LogP contribution in [-0.4, -0.2) is 91.8 Å². The minimum atomic E-state index is -4.11. The molecule has 1 aromatic heterocycles. The Balaban J connectivity index is 1.96. The third-order valence-electron chi connectivity index (χ3n) is 8.88. The van der Waals surface area contributed by atoms with Crippen LogP contribution in [0.2, 0.25) is 18.1 Å². The molecule has 1 heterocycles. The van der Waals surface area contributed by atoms with Crippen LogP contribution in [0.15, 0.2) is 42.5 Å². The van der Waals surface area contributed by atoms with Gasteiger partial charge in [0.25, 0.3) is 0 Å². The van der Waals surface area contributed by atoms with E-state index in [4.69, 9.17) is 23.4 Å². The summed E-state index contributed by atoms with van der Waals surface area (Å²) in [7, 11) is -6.43. The van der Waals surface area contributed by atoms with E-state index >= 15 is 0 Å². The Kier molecular flexibility index (Phi) is 15.8. The molecule has 1 atom stereocenters. The number of nitrogens with one attached hydrogen (secondary N) is 1. The molecule has 2 aromatic carbocycles. The van der Waals surface area contributed by atoms with Gasteiger partial charge in [0.15, 0.2) is 14.1 Å². The van der Waals surface area contributed by atoms with Gasteiger partial charge in [-0.15, -0.1) is 0 Å². The minimum absolute atomic E-state index is 0.0705. The summed E-state index contributed by atoms with van der Waals surface area (Å²) in [6, 6.07) is 14.6. The highest BCUT2D eigenvalue weighted by Gasteiger charge is 2.35. The zero-order valence-electron chi connectivity index (χ0n) is 36.1. The van der Waals surface area contributed by atoms with Crippen LogP contribution in [0.3, 0.4) is 0 Å². The molecule has 1 N–H and O–H groups in total. The maximum Gasteiger partial charge on any atom is 0.435 e. The Morgan fingerprint density at radius 3 is 2.02 bits per heavy atom. The first-order chi connectivity index (χ1) is 26.3. The number of hydrogen-bond acceptors (Lipinski definition) is 11. The Morgan fingerprint density at radius 1 is 0.842 bits per heavy atom. The van der Waals surface area contributed by atoms with Gasteiger partial charge in [0.1, 0.15) is 29.2 Å². The van der Waals surface area contributed by atoms with Gasteiger partial charge >= 0.3 is 18.2 Å². The molecule has 3 rings (SSSR count). The van der Waals surface area contributed by atoms with Crippen LogP contribution in [0.25, 0.3) is 10.9 Å². The lowest BCUT2D eigenvalue weighted by atomic mass is 10.1. The van der Waals surface area contributed by atoms with Gasteiger partial charge in [-0.3, -0.25) is 9.52 Å². The Hall–Kier alpha value is -4.15. The zero-order valence-corrected chi connectivity index (χ0v) is 37.9. The standard InChI is InChI=1S/C41H64N4O10SSi/c1-14-33-32-22-21-31(26-34(32)45(42-33)38(48)54-41(11,12)13)51-24-23-44(37(47)53-40(8,9)10)27-35(55-57(15-2,16-3)17-4)29-19-18-20-30(25-29)43-56(49,50)28-36(46)52-39(5,6)7/h18-22,25-26,35,43H,14-17,23-24,27-28H2,1-13H3. The van der Waals surface area contributed by atoms with Crippen molar-refractivity contribution in [2.45, 2.75) is 137 Å². The van der Waals surface area contributed by atoms with Crippen LogP contribution in [0.4, 0.5) is 15.3 Å². The molecule has 0 aliphatic heterocycles. The smallest absolute Gasteiger partial charge is 0.435 e. The lowest BCUT2D eigenvalue weighted by Gasteiger charge is -2.36. The monoisotopic (exact) mass is 832 g/mol. The molecule has 0 aliphatic carbocycles. The van der Waals surface area contributed by atoms with Crippen LogP contribution >= 0.6 is 0 Å². The molecule has 3 aromatic rings. The molecule has 14 nitrogen and oxygen atoms in total. The maximum absolute atomic E-state index is 13.8. The van der Waals surface area contributed by atoms with Gasteiger partial charge < -0.3 is 28.3 Å². The van der Waals surface area contributed by atoms with Gasteiger partial charge in [0.05, 0.1) is 30.4 Å². The number of sulfonamides is 1. The molecule has 0 spiro atoms. The predicted octanol–water partition coefficient (Wildman–Crippen LogP) is 8.84. The van der Waals surface area contributed by atoms with Crippen LogP contribution in [0, 0.1) is 0 Å². The van der Waals surface area contributed by atoms with E-state index in [0.29, 0.717) is 23.3 Å². The first-order valence-corrected chi connectivity index (χ1v) is 23.9. The van der Waals surface area contributed by atoms with E-state index in [9.17, 15) is 22.8 Å². The summed E-state index contributed by atoms with van der Waals surface area (Å²) in [6.45, 7) is 24.3. The number of anilines is 1. The summed E-state index contributed by atoms with van der Waals surface area (Å²) in [5.74, 6) is -1.26. The topological polar surface area (TPSA) is 165 Å². The van der Waals surface area contributed by atoms with Crippen molar-refractivity contribution >= 4 is 53.1 Å². The SMILES string of the molecule is CCc1nn(C(=O)OC(C)(C)C)c2cc(OCCN(CC(O[Si](CC)(CC)CC)c3cccc(NS(=O)(=O)CC(=O)OC(C)(C)C)c3)C(=O)OC(C)(C)C)ccc12. The second-order valence-corrected chi connectivity index (χ2v) is 23.5. The lowest BCUT2D eigenvalue weighted by Crippen LogP contribution is -2.45. The van der Waals surface area contributed by atoms with Gasteiger partial charge in [0, 0.05) is 17.1 Å². The van der Waals surface area contributed by atoms with E-state index in [1.54, 1.807) is 92.6 Å². The number of hydrogen-bond donors (Lipinski definition) is 1. The number of benzene rings is 2. The number of aromatic nitrogens is 2. The number of aryl methyl sites for hydroxylation is 1. The highest BCUT2D eigenvalue weighted by Crippen LogP contribution is 2.33. The summed E-state index contributed by atoms with van der Waals surface area (Å²) in [4.78, 5) is 40.8. The fourth-order valence-corrected chi connectivity index (χ4v) is 9.81. The first kappa shape index (κ1) is 47.2. The molecule has 1 unspecified atom stereocenters. The van der Waals surface area contributed by atoms with E-state index < -0.39 is 65.2 Å². The van der Waals surface area contributed by atoms with E-state index in [0.717, 1.165) is 29.2 Å². The molecule has 1 amide bonds. The fourth-order valence-electron chi connectivity index (χ4n) is 6.07. The quantitative estimate of drug-likeness (QED) is 0.0785. The summed E-state index contributed by atoms with van der Waals surface area (Å²) in [5, 5.41) is 5.31. The van der Waals surface area contributed by atoms with Crippen molar-refractivity contribution in [3.63, 3.8) is 0 Å². The summed E-state index contributed by atoms with van der Waals surface area (Å²) < 4.78 is 59.7. The van der Waals surface area contributed by atoms with E-state index in [-0.39, 0.29) is 25.4 Å². The zero-order chi connectivity index (χ0) is 43.0. The lowest BCUT2D eigenvalue weighted by molar-refractivity contribution is -0.151. The van der Waals surface area contributed by atoms with Gasteiger partial charge in [-0.1, -0.05) is 39.8 Å². The second-order valence-electron chi connectivity index (χ2n) is 17.1. The third-order valence-corrected chi connectivity index (χ3v) is 14.7. The van der Waals surface area contributed by atoms with Crippen molar-refractivity contribution in [1.29, 1.82) is 0 Å². The van der Waals surface area contributed by atoms with Crippen molar-refractivity contribution in [2.24, 2.45) is 0 Å². The largest absolute Gasteiger partial charge is 0.492 e. The van der Waals surface area contributed by atoms with Crippen LogP contribution in [0.5, 0.6) is 5.75 Å². The Morgan fingerprint density at radius 2 is 1.46 bits per heavy atom. The number of carbonyl (C=O) groups is 3. The van der Waals surface area contributed by atoms with Crippen LogP contribution in [-0.2, 0) is 39.9 Å². The highest BCUT2D eigenvalue weighted by molar-refractivity contribution is 7.93. The van der Waals surface area contributed by atoms with Crippen molar-refractivity contribution in [2.75, 3.05) is 30.2 Å². The van der Waals surface area contributed by atoms with Crippen molar-refractivity contribution in [1.82, 2.24) is 14.7 Å². The fraction of sp³-hybridized carbons (Fsp3) is 0.610. The van der Waals surface area contributed by atoms with Gasteiger partial charge in [-0.25, -0.2) is 18.0 Å². The molecule has 16 heteroatoms. The third kappa shape index (κ3) is 14.6. The average molecular weight is 833 g/mol. The molecular formula is C41H64N4O10SSi. The van der Waals surface area contributed by atoms with Gasteiger partial charge in [0.2, 0.25) is 10.0 Å². The highest BCUT2D eigenvalue weighted by atomic mass is 32.2. The van der Waals surface area contributed by atoms with E-state index in [1.807, 2.05) is 19.1 Å². The van der Waals surface area contributed by atoms with E-state index in [1.165, 1.54) is 9.58 Å². The predicted molar refractivity (Wildman–Crippen MR) is 225 cm³/mol. The number of rotatable bonds is 17. The van der Waals surface area contributed by atoms with E-state index in [2.05, 4.69) is 30.6 Å². The Bertz CT molecular complexity index is 1950. The second kappa shape index (κ2) is 19.1. The average Bonchev–Trinajstić information content (AvgIpc) is 3.45.